The summed E-state index contributed by atoms with van der Waals surface area (Å²) >= 11 is 6.03. The highest BCUT2D eigenvalue weighted by Crippen LogP contribution is 2.35. The second kappa shape index (κ2) is 5.84. The molecule has 2 N–H and O–H groups in total. The molecule has 0 fully saturated rings. The average Bonchev–Trinajstić information content (AvgIpc) is 2.91. The zero-order valence-corrected chi connectivity index (χ0v) is 12.4. The molecule has 1 atom stereocenters. The van der Waals surface area contributed by atoms with Crippen molar-refractivity contribution in [2.24, 2.45) is 0 Å². The van der Waals surface area contributed by atoms with Gasteiger partial charge in [-0.3, -0.25) is 0 Å². The molecule has 4 nitrogen and oxygen atoms in total. The summed E-state index contributed by atoms with van der Waals surface area (Å²) in [6.07, 6.45) is 0. The zero-order chi connectivity index (χ0) is 14.8. The molecule has 2 aromatic rings. The largest absolute Gasteiger partial charge is 0.504 e. The molecular formula is C16H16ClNO3. The molecule has 0 saturated heterocycles. The fourth-order valence-corrected chi connectivity index (χ4v) is 2.71. The Bertz CT molecular complexity index is 660. The van der Waals surface area contributed by atoms with Crippen molar-refractivity contribution in [3.63, 3.8) is 0 Å². The van der Waals surface area contributed by atoms with Crippen LogP contribution in [0.5, 0.6) is 17.2 Å². The van der Waals surface area contributed by atoms with Crippen LogP contribution in [0.4, 0.5) is 0 Å². The van der Waals surface area contributed by atoms with E-state index < -0.39 is 0 Å². The molecule has 1 aliphatic heterocycles. The summed E-state index contributed by atoms with van der Waals surface area (Å²) < 4.78 is 10.7. The van der Waals surface area contributed by atoms with Crippen LogP contribution in [-0.2, 0) is 6.54 Å². The van der Waals surface area contributed by atoms with Gasteiger partial charge in [-0.2, -0.15) is 0 Å². The molecule has 0 amide bonds. The Morgan fingerprint density at radius 1 is 1.38 bits per heavy atom. The molecule has 3 rings (SSSR count). The van der Waals surface area contributed by atoms with Gasteiger partial charge in [-0.15, -0.1) is 0 Å². The number of phenolic OH excluding ortho intramolecular Hbond substituents is 1. The maximum absolute atomic E-state index is 10.1. The van der Waals surface area contributed by atoms with E-state index in [2.05, 4.69) is 5.32 Å². The van der Waals surface area contributed by atoms with Crippen LogP contribution in [0.15, 0.2) is 36.4 Å². The minimum atomic E-state index is 0.102. The topological polar surface area (TPSA) is 50.7 Å². The van der Waals surface area contributed by atoms with Crippen molar-refractivity contribution < 1.29 is 14.6 Å². The summed E-state index contributed by atoms with van der Waals surface area (Å²) in [5.41, 5.74) is 1.83. The van der Waals surface area contributed by atoms with Crippen LogP contribution in [0.3, 0.4) is 0 Å². The minimum absolute atomic E-state index is 0.102. The van der Waals surface area contributed by atoms with E-state index in [4.69, 9.17) is 21.1 Å². The second-order valence-corrected chi connectivity index (χ2v) is 5.33. The van der Waals surface area contributed by atoms with Crippen LogP contribution < -0.4 is 14.8 Å². The number of nitrogens with one attached hydrogen (secondary N) is 1. The lowest BCUT2D eigenvalue weighted by atomic mass is 10.1. The Morgan fingerprint density at radius 3 is 3.00 bits per heavy atom. The first-order valence-corrected chi connectivity index (χ1v) is 7.07. The fraction of sp³-hybridized carbons (Fsp3) is 0.250. The van der Waals surface area contributed by atoms with E-state index in [1.807, 2.05) is 24.3 Å². The lowest BCUT2D eigenvalue weighted by Crippen LogP contribution is -2.22. The van der Waals surface area contributed by atoms with Crippen molar-refractivity contribution in [2.45, 2.75) is 12.6 Å². The molecular weight excluding hydrogens is 290 g/mol. The average molecular weight is 306 g/mol. The van der Waals surface area contributed by atoms with Gasteiger partial charge in [-0.25, -0.2) is 0 Å². The smallest absolute Gasteiger partial charge is 0.162 e. The first-order valence-electron chi connectivity index (χ1n) is 6.69. The van der Waals surface area contributed by atoms with Crippen molar-refractivity contribution in [1.82, 2.24) is 5.32 Å². The third-order valence-corrected chi connectivity index (χ3v) is 3.80. The SMILES string of the molecule is COc1cc(Cl)cc(CNC2COc3ccccc32)c1O. The Balaban J connectivity index is 1.76. The summed E-state index contributed by atoms with van der Waals surface area (Å²) in [6.45, 7) is 1.06. The predicted octanol–water partition coefficient (Wildman–Crippen LogP) is 3.28. The summed E-state index contributed by atoms with van der Waals surface area (Å²) in [7, 11) is 1.50. The minimum Gasteiger partial charge on any atom is -0.504 e. The molecule has 0 saturated carbocycles. The number of methoxy groups -OCH3 is 1. The van der Waals surface area contributed by atoms with Gasteiger partial charge < -0.3 is 19.9 Å². The van der Waals surface area contributed by atoms with E-state index >= 15 is 0 Å². The predicted molar refractivity (Wildman–Crippen MR) is 81.2 cm³/mol. The third kappa shape index (κ3) is 2.77. The molecule has 1 heterocycles. The summed E-state index contributed by atoms with van der Waals surface area (Å²) in [5, 5.41) is 14.0. The van der Waals surface area contributed by atoms with E-state index in [1.54, 1.807) is 12.1 Å². The highest BCUT2D eigenvalue weighted by atomic mass is 35.5. The molecule has 5 heteroatoms. The maximum atomic E-state index is 10.1. The molecule has 0 radical (unpaired) electrons. The number of phenols is 1. The number of fused-ring (bicyclic) bond motifs is 1. The Morgan fingerprint density at radius 2 is 2.19 bits per heavy atom. The van der Waals surface area contributed by atoms with E-state index in [1.165, 1.54) is 7.11 Å². The molecule has 2 aromatic carbocycles. The van der Waals surface area contributed by atoms with Crippen molar-refractivity contribution in [3.05, 3.63) is 52.5 Å². The molecule has 0 spiro atoms. The van der Waals surface area contributed by atoms with Crippen molar-refractivity contribution in [1.29, 1.82) is 0 Å². The molecule has 21 heavy (non-hydrogen) atoms. The molecule has 1 unspecified atom stereocenters. The number of hydrogen-bond donors (Lipinski definition) is 2. The van der Waals surface area contributed by atoms with Crippen LogP contribution in [0, 0.1) is 0 Å². The number of benzene rings is 2. The number of aromatic hydroxyl groups is 1. The normalized spacial score (nSPS) is 16.4. The number of ether oxygens (including phenoxy) is 2. The van der Waals surface area contributed by atoms with Crippen molar-refractivity contribution >= 4 is 11.6 Å². The van der Waals surface area contributed by atoms with Crippen LogP contribution >= 0.6 is 11.6 Å². The van der Waals surface area contributed by atoms with Crippen molar-refractivity contribution in [2.75, 3.05) is 13.7 Å². The third-order valence-electron chi connectivity index (χ3n) is 3.58. The van der Waals surface area contributed by atoms with Gasteiger partial charge in [0.15, 0.2) is 11.5 Å². The summed E-state index contributed by atoms with van der Waals surface area (Å²) in [6, 6.07) is 11.4. The lowest BCUT2D eigenvalue weighted by Gasteiger charge is -2.14. The van der Waals surface area contributed by atoms with Gasteiger partial charge in [0.25, 0.3) is 0 Å². The molecule has 1 aliphatic rings. The van der Waals surface area contributed by atoms with E-state index in [9.17, 15) is 5.11 Å². The first kappa shape index (κ1) is 14.0. The highest BCUT2D eigenvalue weighted by molar-refractivity contribution is 6.30. The number of halogens is 1. The molecule has 0 aliphatic carbocycles. The Labute approximate surface area is 128 Å². The monoisotopic (exact) mass is 305 g/mol. The van der Waals surface area contributed by atoms with E-state index in [0.717, 1.165) is 11.3 Å². The standard InChI is InChI=1S/C16H16ClNO3/c1-20-15-7-11(17)6-10(16(15)19)8-18-13-9-21-14-5-3-2-4-12(13)14/h2-7,13,18-19H,8-9H2,1H3. The summed E-state index contributed by atoms with van der Waals surface area (Å²) in [5.74, 6) is 1.40. The van der Waals surface area contributed by atoms with E-state index in [0.29, 0.717) is 29.5 Å². The van der Waals surface area contributed by atoms with Gasteiger partial charge in [-0.1, -0.05) is 29.8 Å². The van der Waals surface area contributed by atoms with Gasteiger partial charge in [0, 0.05) is 28.8 Å². The number of para-hydroxylation sites is 1. The molecule has 0 aromatic heterocycles. The highest BCUT2D eigenvalue weighted by Gasteiger charge is 2.23. The van der Waals surface area contributed by atoms with Crippen molar-refractivity contribution in [3.8, 4) is 17.2 Å². The summed E-state index contributed by atoms with van der Waals surface area (Å²) in [4.78, 5) is 0. The van der Waals surface area contributed by atoms with Gasteiger partial charge in [-0.05, 0) is 12.1 Å². The molecule has 110 valence electrons. The van der Waals surface area contributed by atoms with Crippen LogP contribution in [0.2, 0.25) is 5.02 Å². The van der Waals surface area contributed by atoms with Crippen LogP contribution in [-0.4, -0.2) is 18.8 Å². The number of hydrogen-bond acceptors (Lipinski definition) is 4. The van der Waals surface area contributed by atoms with Crippen LogP contribution in [0.1, 0.15) is 17.2 Å². The van der Waals surface area contributed by atoms with Crippen LogP contribution in [0.25, 0.3) is 0 Å². The first-order chi connectivity index (χ1) is 10.2. The van der Waals surface area contributed by atoms with Gasteiger partial charge in [0.1, 0.15) is 12.4 Å². The Hall–Kier alpha value is -1.91. The maximum Gasteiger partial charge on any atom is 0.162 e. The van der Waals surface area contributed by atoms with Gasteiger partial charge >= 0.3 is 0 Å². The second-order valence-electron chi connectivity index (χ2n) is 4.90. The van der Waals surface area contributed by atoms with E-state index in [-0.39, 0.29) is 11.8 Å². The van der Waals surface area contributed by atoms with Gasteiger partial charge in [0.05, 0.1) is 13.2 Å². The number of rotatable bonds is 4. The fourth-order valence-electron chi connectivity index (χ4n) is 2.48. The van der Waals surface area contributed by atoms with Gasteiger partial charge in [0.2, 0.25) is 0 Å². The lowest BCUT2D eigenvalue weighted by molar-refractivity contribution is 0.309. The molecule has 0 bridgehead atoms. The zero-order valence-electron chi connectivity index (χ0n) is 11.6. The Kier molecular flexibility index (Phi) is 3.90. The quantitative estimate of drug-likeness (QED) is 0.910.